The van der Waals surface area contributed by atoms with Crippen LogP contribution < -0.4 is 16.4 Å². The minimum Gasteiger partial charge on any atom is -0.508 e. The van der Waals surface area contributed by atoms with Gasteiger partial charge in [0.05, 0.1) is 13.2 Å². The van der Waals surface area contributed by atoms with E-state index in [4.69, 9.17) is 0 Å². The highest BCUT2D eigenvalue weighted by molar-refractivity contribution is 5.84. The summed E-state index contributed by atoms with van der Waals surface area (Å²) in [6.45, 7) is 0. The maximum Gasteiger partial charge on any atom is 0.338 e. The summed E-state index contributed by atoms with van der Waals surface area (Å²) < 4.78 is 5.80. The van der Waals surface area contributed by atoms with Crippen molar-refractivity contribution < 1.29 is 14.6 Å². The number of nitrogens with zero attached hydrogens (tertiary/aromatic N) is 1. The number of phenols is 1. The Bertz CT molecular complexity index is 866. The molecule has 1 aromatic carbocycles. The van der Waals surface area contributed by atoms with Gasteiger partial charge in [0.2, 0.25) is 0 Å². The van der Waals surface area contributed by atoms with Crippen molar-refractivity contribution in [3.05, 3.63) is 57.1 Å². The zero-order valence-corrected chi connectivity index (χ0v) is 11.6. The number of aromatic amines is 1. The molecule has 0 bridgehead atoms. The van der Waals surface area contributed by atoms with Gasteiger partial charge in [-0.1, -0.05) is 17.9 Å². The smallest absolute Gasteiger partial charge is 0.338 e. The number of nitrogens with one attached hydrogen (secondary N) is 1. The van der Waals surface area contributed by atoms with Crippen LogP contribution in [0.4, 0.5) is 0 Å². The van der Waals surface area contributed by atoms with Crippen LogP contribution >= 0.6 is 0 Å². The number of imidazole rings is 1. The van der Waals surface area contributed by atoms with Crippen LogP contribution in [-0.4, -0.2) is 27.7 Å². The van der Waals surface area contributed by atoms with Gasteiger partial charge in [-0.3, -0.25) is 9.36 Å². The van der Waals surface area contributed by atoms with Crippen LogP contribution in [-0.2, 0) is 16.6 Å². The Hall–Kier alpha value is -2.98. The highest BCUT2D eigenvalue weighted by atomic mass is 16.5. The number of ether oxygens (including phenoxy) is 1. The number of hydrogen-bond acceptors (Lipinski definition) is 4. The van der Waals surface area contributed by atoms with Crippen LogP contribution in [0.3, 0.4) is 0 Å². The van der Waals surface area contributed by atoms with Gasteiger partial charge in [0.25, 0.3) is 5.56 Å². The summed E-state index contributed by atoms with van der Waals surface area (Å²) in [4.78, 5) is 26.0. The minimum atomic E-state index is -0.555. The average Bonchev–Trinajstić information content (AvgIpc) is 2.75. The average molecular weight is 286 g/mol. The lowest BCUT2D eigenvalue weighted by atomic mass is 10.2. The molecule has 0 atom stereocenters. The van der Waals surface area contributed by atoms with E-state index < -0.39 is 5.97 Å². The molecular formula is C15H14N2O4. The summed E-state index contributed by atoms with van der Waals surface area (Å²) in [5.41, 5.74) is 3.54. The molecule has 0 saturated heterocycles. The highest BCUT2D eigenvalue weighted by Gasteiger charge is 1.99. The van der Waals surface area contributed by atoms with Crippen molar-refractivity contribution in [3.63, 3.8) is 0 Å². The molecule has 0 radical (unpaired) electrons. The summed E-state index contributed by atoms with van der Waals surface area (Å²) in [5.74, 6) is -0.400. The van der Waals surface area contributed by atoms with Crippen LogP contribution in [0.2, 0.25) is 0 Å². The second-order valence-corrected chi connectivity index (χ2v) is 4.30. The summed E-state index contributed by atoms with van der Waals surface area (Å²) >= 11 is 0. The number of carbonyl (C=O) groups is 1. The molecule has 2 N–H and O–H groups in total. The van der Waals surface area contributed by atoms with Gasteiger partial charge in [-0.05, 0) is 23.8 Å². The van der Waals surface area contributed by atoms with Gasteiger partial charge in [0.15, 0.2) is 5.48 Å². The Balaban J connectivity index is 2.58. The van der Waals surface area contributed by atoms with E-state index in [9.17, 15) is 14.7 Å². The molecule has 0 spiro atoms. The van der Waals surface area contributed by atoms with E-state index >= 15 is 0 Å². The van der Waals surface area contributed by atoms with Crippen molar-refractivity contribution in [2.24, 2.45) is 7.05 Å². The number of methoxy groups -OCH3 is 1. The third-order valence-electron chi connectivity index (χ3n) is 2.86. The molecule has 2 rings (SSSR count). The van der Waals surface area contributed by atoms with Crippen LogP contribution in [0.5, 0.6) is 5.75 Å². The lowest BCUT2D eigenvalue weighted by Crippen LogP contribution is -2.28. The molecule has 0 fully saturated rings. The summed E-state index contributed by atoms with van der Waals surface area (Å²) in [6, 6.07) is 6.43. The van der Waals surface area contributed by atoms with E-state index in [2.05, 4.69) is 15.5 Å². The van der Waals surface area contributed by atoms with E-state index in [-0.39, 0.29) is 11.3 Å². The van der Waals surface area contributed by atoms with Crippen molar-refractivity contribution >= 4 is 17.8 Å². The van der Waals surface area contributed by atoms with Crippen molar-refractivity contribution in [1.29, 1.82) is 0 Å². The number of hydrogen-bond donors (Lipinski definition) is 2. The normalized spacial score (nSPS) is 11.0. The molecular weight excluding hydrogens is 272 g/mol. The van der Waals surface area contributed by atoms with Crippen molar-refractivity contribution in [1.82, 2.24) is 9.55 Å². The van der Waals surface area contributed by atoms with Gasteiger partial charge in [0.1, 0.15) is 11.1 Å². The van der Waals surface area contributed by atoms with Gasteiger partial charge in [-0.2, -0.15) is 0 Å². The number of aromatic hydroxyl groups is 1. The molecule has 108 valence electrons. The Morgan fingerprint density at radius 1 is 1.38 bits per heavy atom. The number of esters is 1. The molecule has 0 aliphatic carbocycles. The van der Waals surface area contributed by atoms with Crippen LogP contribution in [0.1, 0.15) is 5.56 Å². The van der Waals surface area contributed by atoms with Gasteiger partial charge in [0, 0.05) is 7.05 Å². The fourth-order valence-corrected chi connectivity index (χ4v) is 1.70. The first kappa shape index (κ1) is 14.4. The number of aromatic nitrogens is 2. The molecule has 21 heavy (non-hydrogen) atoms. The molecule has 2 aromatic rings. The van der Waals surface area contributed by atoms with E-state index in [0.29, 0.717) is 10.8 Å². The summed E-state index contributed by atoms with van der Waals surface area (Å²) in [7, 11) is 2.83. The number of benzene rings is 1. The van der Waals surface area contributed by atoms with Gasteiger partial charge in [-0.15, -0.1) is 0 Å². The standard InChI is InChI=1S/C15H14N2O4/c1-17-13(7-8-14(19)21-2)16-12(15(17)20)9-10-3-5-11(18)6-4-10/h3-6,8-9,16,18H,1-2H3. The number of H-pyrrole nitrogens is 1. The molecule has 0 saturated carbocycles. The van der Waals surface area contributed by atoms with Crippen molar-refractivity contribution in [3.8, 4) is 5.75 Å². The molecule has 1 aromatic heterocycles. The Labute approximate surface area is 119 Å². The predicted octanol–water partition coefficient (Wildman–Crippen LogP) is -0.644. The Morgan fingerprint density at radius 3 is 2.67 bits per heavy atom. The van der Waals surface area contributed by atoms with Crippen LogP contribution in [0.25, 0.3) is 11.8 Å². The Morgan fingerprint density at radius 2 is 2.05 bits per heavy atom. The minimum absolute atomic E-state index is 0.154. The maximum absolute atomic E-state index is 12.1. The van der Waals surface area contributed by atoms with E-state index in [1.165, 1.54) is 23.8 Å². The molecule has 0 aliphatic heterocycles. The quantitative estimate of drug-likeness (QED) is 0.568. The van der Waals surface area contributed by atoms with E-state index in [1.807, 2.05) is 0 Å². The maximum atomic E-state index is 12.1. The third-order valence-corrected chi connectivity index (χ3v) is 2.86. The number of carbonyl (C=O) groups excluding carboxylic acids is 1. The third kappa shape index (κ3) is 3.32. The fourth-order valence-electron chi connectivity index (χ4n) is 1.70. The predicted molar refractivity (Wildman–Crippen MR) is 77.0 cm³/mol. The molecule has 6 heteroatoms. The monoisotopic (exact) mass is 286 g/mol. The topological polar surface area (TPSA) is 84.3 Å². The van der Waals surface area contributed by atoms with Gasteiger partial charge >= 0.3 is 5.97 Å². The molecule has 6 nitrogen and oxygen atoms in total. The highest BCUT2D eigenvalue weighted by Crippen LogP contribution is 2.09. The molecule has 1 heterocycles. The van der Waals surface area contributed by atoms with Gasteiger partial charge < -0.3 is 14.8 Å². The Kier molecular flexibility index (Phi) is 4.11. The first-order valence-corrected chi connectivity index (χ1v) is 6.11. The lowest BCUT2D eigenvalue weighted by molar-refractivity contribution is -0.134. The second-order valence-electron chi connectivity index (χ2n) is 4.30. The van der Waals surface area contributed by atoms with Crippen LogP contribution in [0, 0.1) is 0 Å². The van der Waals surface area contributed by atoms with Crippen molar-refractivity contribution in [2.45, 2.75) is 0 Å². The zero-order chi connectivity index (χ0) is 15.4. The van der Waals surface area contributed by atoms with Crippen LogP contribution in [0.15, 0.2) is 35.1 Å². The number of rotatable bonds is 2. The fraction of sp³-hybridized carbons (Fsp3) is 0.133. The van der Waals surface area contributed by atoms with Gasteiger partial charge in [-0.25, -0.2) is 4.79 Å². The van der Waals surface area contributed by atoms with E-state index in [0.717, 1.165) is 11.6 Å². The molecule has 0 amide bonds. The second kappa shape index (κ2) is 5.98. The summed E-state index contributed by atoms with van der Waals surface area (Å²) in [5, 5.41) is 9.58. The first-order valence-electron chi connectivity index (χ1n) is 6.11. The first-order chi connectivity index (χ1) is 10.0. The van der Waals surface area contributed by atoms with Crippen molar-refractivity contribution in [2.75, 3.05) is 7.11 Å². The molecule has 0 unspecified atom stereocenters. The lowest BCUT2D eigenvalue weighted by Gasteiger charge is -1.92. The summed E-state index contributed by atoms with van der Waals surface area (Å²) in [6.07, 6.45) is 2.75. The zero-order valence-electron chi connectivity index (χ0n) is 11.6. The number of phenolic OH excluding ortho intramolecular Hbond substituents is 1. The molecule has 0 aliphatic rings. The largest absolute Gasteiger partial charge is 0.508 e. The SMILES string of the molecule is COC(=O)C=C=c1[nH]c(=Cc2ccc(O)cc2)c(=O)n1C. The van der Waals surface area contributed by atoms with E-state index in [1.54, 1.807) is 25.3 Å².